The lowest BCUT2D eigenvalue weighted by atomic mass is 10.1. The summed E-state index contributed by atoms with van der Waals surface area (Å²) in [6.07, 6.45) is -3.06. The summed E-state index contributed by atoms with van der Waals surface area (Å²) in [5.41, 5.74) is -0.610. The summed E-state index contributed by atoms with van der Waals surface area (Å²) < 4.78 is 65.8. The number of benzene rings is 2. The van der Waals surface area contributed by atoms with Crippen LogP contribution in [0.1, 0.15) is 11.1 Å². The minimum absolute atomic E-state index is 0.0437. The van der Waals surface area contributed by atoms with E-state index in [1.807, 2.05) is 0 Å². The SMILES string of the molecule is O=S(=O)(c1ccccc1)N(Cc1cccc(C(F)(F)F)c1)c1nccs1. The van der Waals surface area contributed by atoms with Crippen LogP contribution >= 0.6 is 11.3 Å². The molecule has 0 N–H and O–H groups in total. The van der Waals surface area contributed by atoms with E-state index in [1.165, 1.54) is 30.5 Å². The van der Waals surface area contributed by atoms with E-state index >= 15 is 0 Å². The third-order valence-corrected chi connectivity index (χ3v) is 6.20. The number of nitrogens with zero attached hydrogens (tertiary/aromatic N) is 2. The summed E-state index contributed by atoms with van der Waals surface area (Å²) in [7, 11) is -3.97. The highest BCUT2D eigenvalue weighted by molar-refractivity contribution is 7.93. The Labute approximate surface area is 152 Å². The molecule has 0 aliphatic carbocycles. The van der Waals surface area contributed by atoms with Crippen LogP contribution in [-0.4, -0.2) is 13.4 Å². The molecule has 0 spiro atoms. The lowest BCUT2D eigenvalue weighted by Crippen LogP contribution is -2.30. The molecular formula is C17H13F3N2O2S2. The Morgan fingerprint density at radius 3 is 2.38 bits per heavy atom. The van der Waals surface area contributed by atoms with Crippen LogP contribution in [0.4, 0.5) is 18.3 Å². The summed E-state index contributed by atoms with van der Waals surface area (Å²) in [5, 5.41) is 1.79. The molecule has 26 heavy (non-hydrogen) atoms. The Morgan fingerprint density at radius 2 is 1.77 bits per heavy atom. The second-order valence-electron chi connectivity index (χ2n) is 5.34. The number of hydrogen-bond acceptors (Lipinski definition) is 4. The van der Waals surface area contributed by atoms with Gasteiger partial charge in [0.15, 0.2) is 5.13 Å². The molecule has 9 heteroatoms. The Hall–Kier alpha value is -2.39. The maximum atomic E-state index is 13.0. The maximum absolute atomic E-state index is 13.0. The van der Waals surface area contributed by atoms with Gasteiger partial charge in [0, 0.05) is 11.6 Å². The van der Waals surface area contributed by atoms with Gasteiger partial charge in [-0.1, -0.05) is 30.3 Å². The topological polar surface area (TPSA) is 50.3 Å². The highest BCUT2D eigenvalue weighted by Gasteiger charge is 2.31. The molecule has 1 aromatic heterocycles. The maximum Gasteiger partial charge on any atom is 0.416 e. The number of anilines is 1. The fourth-order valence-corrected chi connectivity index (χ4v) is 4.62. The van der Waals surface area contributed by atoms with Gasteiger partial charge < -0.3 is 0 Å². The van der Waals surface area contributed by atoms with Gasteiger partial charge in [-0.15, -0.1) is 11.3 Å². The standard InChI is InChI=1S/C17H13F3N2O2S2/c18-17(19,20)14-6-4-5-13(11-14)12-22(16-21-9-10-25-16)26(23,24)15-7-2-1-3-8-15/h1-11H,12H2. The van der Waals surface area contributed by atoms with Crippen molar-refractivity contribution < 1.29 is 21.6 Å². The zero-order chi connectivity index (χ0) is 18.8. The molecule has 0 saturated heterocycles. The number of aromatic nitrogens is 1. The molecule has 0 radical (unpaired) electrons. The summed E-state index contributed by atoms with van der Waals surface area (Å²) in [6.45, 7) is -0.255. The van der Waals surface area contributed by atoms with Crippen molar-refractivity contribution in [2.45, 2.75) is 17.6 Å². The Bertz CT molecular complexity index is 973. The highest BCUT2D eigenvalue weighted by Crippen LogP contribution is 2.31. The third kappa shape index (κ3) is 3.88. The van der Waals surface area contributed by atoms with Crippen molar-refractivity contribution in [2.75, 3.05) is 4.31 Å². The second-order valence-corrected chi connectivity index (χ2v) is 8.07. The van der Waals surface area contributed by atoms with Crippen molar-refractivity contribution in [2.24, 2.45) is 0 Å². The number of sulfonamides is 1. The molecule has 0 fully saturated rings. The van der Waals surface area contributed by atoms with Gasteiger partial charge in [0.2, 0.25) is 0 Å². The van der Waals surface area contributed by atoms with Gasteiger partial charge in [-0.2, -0.15) is 13.2 Å². The zero-order valence-electron chi connectivity index (χ0n) is 13.2. The fraction of sp³-hybridized carbons (Fsp3) is 0.118. The monoisotopic (exact) mass is 398 g/mol. The van der Waals surface area contributed by atoms with Crippen molar-refractivity contribution in [1.82, 2.24) is 4.98 Å². The molecule has 3 rings (SSSR count). The van der Waals surface area contributed by atoms with Gasteiger partial charge in [-0.3, -0.25) is 0 Å². The molecule has 2 aromatic carbocycles. The van der Waals surface area contributed by atoms with E-state index in [4.69, 9.17) is 0 Å². The highest BCUT2D eigenvalue weighted by atomic mass is 32.2. The third-order valence-electron chi connectivity index (χ3n) is 3.54. The average molecular weight is 398 g/mol. The van der Waals surface area contributed by atoms with Crippen LogP contribution in [0.5, 0.6) is 0 Å². The quantitative estimate of drug-likeness (QED) is 0.633. The van der Waals surface area contributed by atoms with Gasteiger partial charge in [0.05, 0.1) is 17.0 Å². The lowest BCUT2D eigenvalue weighted by molar-refractivity contribution is -0.137. The summed E-state index contributed by atoms with van der Waals surface area (Å²) in [4.78, 5) is 4.06. The van der Waals surface area contributed by atoms with Crippen LogP contribution in [0.25, 0.3) is 0 Å². The summed E-state index contributed by atoms with van der Waals surface area (Å²) in [6, 6.07) is 12.3. The van der Waals surface area contributed by atoms with E-state index in [2.05, 4.69) is 4.98 Å². The van der Waals surface area contributed by atoms with E-state index in [0.717, 1.165) is 27.8 Å². The van der Waals surface area contributed by atoms with Crippen LogP contribution < -0.4 is 4.31 Å². The van der Waals surface area contributed by atoms with E-state index in [0.29, 0.717) is 0 Å². The molecule has 0 bridgehead atoms. The molecule has 136 valence electrons. The summed E-state index contributed by atoms with van der Waals surface area (Å²) in [5.74, 6) is 0. The van der Waals surface area contributed by atoms with Crippen LogP contribution in [0, 0.1) is 0 Å². The predicted molar refractivity (Wildman–Crippen MR) is 93.4 cm³/mol. The van der Waals surface area contributed by atoms with Crippen LogP contribution in [0.2, 0.25) is 0 Å². The molecule has 0 atom stereocenters. The van der Waals surface area contributed by atoms with Crippen molar-refractivity contribution in [1.29, 1.82) is 0 Å². The largest absolute Gasteiger partial charge is 0.416 e. The van der Waals surface area contributed by atoms with E-state index in [-0.39, 0.29) is 22.1 Å². The van der Waals surface area contributed by atoms with Crippen molar-refractivity contribution in [3.05, 3.63) is 77.3 Å². The normalized spacial score (nSPS) is 12.1. The fourth-order valence-electron chi connectivity index (χ4n) is 2.33. The number of rotatable bonds is 5. The smallest absolute Gasteiger partial charge is 0.237 e. The minimum atomic E-state index is -4.50. The molecular weight excluding hydrogens is 385 g/mol. The van der Waals surface area contributed by atoms with Crippen LogP contribution in [0.3, 0.4) is 0 Å². The zero-order valence-corrected chi connectivity index (χ0v) is 14.9. The van der Waals surface area contributed by atoms with E-state index in [1.54, 1.807) is 23.6 Å². The molecule has 0 aliphatic heterocycles. The Kier molecular flexibility index (Phi) is 5.01. The molecule has 4 nitrogen and oxygen atoms in total. The molecule has 0 saturated carbocycles. The van der Waals surface area contributed by atoms with Crippen molar-refractivity contribution in [3.8, 4) is 0 Å². The number of halogens is 3. The molecule has 0 amide bonds. The number of hydrogen-bond donors (Lipinski definition) is 0. The van der Waals surface area contributed by atoms with Crippen LogP contribution in [0.15, 0.2) is 71.1 Å². The van der Waals surface area contributed by atoms with Gasteiger partial charge in [-0.05, 0) is 29.8 Å². The molecule has 0 aliphatic rings. The minimum Gasteiger partial charge on any atom is -0.237 e. The first-order chi connectivity index (χ1) is 12.3. The lowest BCUT2D eigenvalue weighted by Gasteiger charge is -2.22. The number of alkyl halides is 3. The van der Waals surface area contributed by atoms with Gasteiger partial charge in [0.1, 0.15) is 0 Å². The van der Waals surface area contributed by atoms with Gasteiger partial charge >= 0.3 is 6.18 Å². The molecule has 0 unspecified atom stereocenters. The average Bonchev–Trinajstić information content (AvgIpc) is 3.14. The number of thiazole rings is 1. The summed E-state index contributed by atoms with van der Waals surface area (Å²) >= 11 is 1.09. The first-order valence-corrected chi connectivity index (χ1v) is 9.74. The molecule has 3 aromatic rings. The Morgan fingerprint density at radius 1 is 1.04 bits per heavy atom. The van der Waals surface area contributed by atoms with E-state index < -0.39 is 21.8 Å². The predicted octanol–water partition coefficient (Wildman–Crippen LogP) is 4.56. The second kappa shape index (κ2) is 7.08. The van der Waals surface area contributed by atoms with Crippen LogP contribution in [-0.2, 0) is 22.7 Å². The first-order valence-electron chi connectivity index (χ1n) is 7.42. The van der Waals surface area contributed by atoms with Gasteiger partial charge in [-0.25, -0.2) is 17.7 Å². The van der Waals surface area contributed by atoms with Crippen molar-refractivity contribution >= 4 is 26.5 Å². The molecule has 1 heterocycles. The van der Waals surface area contributed by atoms with Gasteiger partial charge in [0.25, 0.3) is 10.0 Å². The first kappa shape index (κ1) is 18.4. The Balaban J connectivity index is 2.02. The van der Waals surface area contributed by atoms with Crippen molar-refractivity contribution in [3.63, 3.8) is 0 Å². The van der Waals surface area contributed by atoms with E-state index in [9.17, 15) is 21.6 Å².